The van der Waals surface area contributed by atoms with Crippen LogP contribution in [-0.4, -0.2) is 41.0 Å². The van der Waals surface area contributed by atoms with Crippen molar-refractivity contribution in [2.24, 2.45) is 0 Å². The highest BCUT2D eigenvalue weighted by atomic mass is 32.1. The van der Waals surface area contributed by atoms with E-state index in [2.05, 4.69) is 5.32 Å². The van der Waals surface area contributed by atoms with Crippen LogP contribution in [0.2, 0.25) is 0 Å². The van der Waals surface area contributed by atoms with Crippen LogP contribution in [-0.2, 0) is 9.59 Å². The Morgan fingerprint density at radius 2 is 2.21 bits per heavy atom. The first kappa shape index (κ1) is 16.9. The van der Waals surface area contributed by atoms with Gasteiger partial charge in [-0.05, 0) is 30.4 Å². The van der Waals surface area contributed by atoms with Crippen LogP contribution in [0.5, 0.6) is 0 Å². The second kappa shape index (κ2) is 7.32. The maximum Gasteiger partial charge on any atom is 0.242 e. The van der Waals surface area contributed by atoms with Gasteiger partial charge in [0.15, 0.2) is 0 Å². The van der Waals surface area contributed by atoms with Gasteiger partial charge in [0.2, 0.25) is 11.8 Å². The van der Waals surface area contributed by atoms with E-state index < -0.39 is 12.1 Å². The van der Waals surface area contributed by atoms with Crippen molar-refractivity contribution in [1.29, 1.82) is 0 Å². The Labute approximate surface area is 145 Å². The fourth-order valence-corrected chi connectivity index (χ4v) is 4.18. The van der Waals surface area contributed by atoms with Crippen molar-refractivity contribution in [3.8, 4) is 0 Å². The number of carbonyl (C=O) groups excluding carboxylic acids is 2. The minimum Gasteiger partial charge on any atom is -0.386 e. The van der Waals surface area contributed by atoms with E-state index in [0.29, 0.717) is 19.4 Å². The number of thiophene rings is 1. The summed E-state index contributed by atoms with van der Waals surface area (Å²) in [4.78, 5) is 26.7. The highest BCUT2D eigenvalue weighted by Crippen LogP contribution is 2.29. The smallest absolute Gasteiger partial charge is 0.242 e. The number of nitrogens with zero attached hydrogens (tertiary/aromatic N) is 1. The average molecular weight is 346 g/mol. The third kappa shape index (κ3) is 3.44. The van der Waals surface area contributed by atoms with Gasteiger partial charge < -0.3 is 15.3 Å². The van der Waals surface area contributed by atoms with Gasteiger partial charge in [0.05, 0.1) is 0 Å². The van der Waals surface area contributed by atoms with E-state index in [1.54, 1.807) is 4.90 Å². The van der Waals surface area contributed by atoms with Crippen molar-refractivity contribution in [1.82, 2.24) is 10.2 Å². The summed E-state index contributed by atoms with van der Waals surface area (Å²) >= 11 is 1.53. The van der Waals surface area contributed by atoms with Gasteiger partial charge in [-0.1, -0.05) is 25.1 Å². The molecule has 2 atom stereocenters. The molecule has 3 rings (SSSR count). The summed E-state index contributed by atoms with van der Waals surface area (Å²) in [6, 6.07) is 9.47. The zero-order valence-corrected chi connectivity index (χ0v) is 14.5. The van der Waals surface area contributed by atoms with Crippen molar-refractivity contribution in [3.63, 3.8) is 0 Å². The summed E-state index contributed by atoms with van der Waals surface area (Å²) in [6.45, 7) is 2.70. The van der Waals surface area contributed by atoms with Crippen LogP contribution in [0.4, 0.5) is 0 Å². The number of nitrogens with one attached hydrogen (secondary N) is 1. The molecule has 128 valence electrons. The fourth-order valence-electron chi connectivity index (χ4n) is 3.13. The van der Waals surface area contributed by atoms with Crippen LogP contribution in [0.1, 0.15) is 37.2 Å². The Kier molecular flexibility index (Phi) is 5.16. The van der Waals surface area contributed by atoms with Gasteiger partial charge >= 0.3 is 0 Å². The lowest BCUT2D eigenvalue weighted by Gasteiger charge is -2.26. The Morgan fingerprint density at radius 3 is 2.88 bits per heavy atom. The van der Waals surface area contributed by atoms with E-state index in [1.165, 1.54) is 11.3 Å². The standard InChI is InChI=1S/C18H22N2O3S/c1-2-13(20-9-5-8-17(20)22)18(23)19-11-14(21)16-10-12-6-3-4-7-15(12)24-16/h3-4,6-7,10,13-14,21H,2,5,8-9,11H2,1H3,(H,19,23). The van der Waals surface area contributed by atoms with Crippen LogP contribution in [0.3, 0.4) is 0 Å². The van der Waals surface area contributed by atoms with Crippen molar-refractivity contribution in [3.05, 3.63) is 35.2 Å². The quantitative estimate of drug-likeness (QED) is 0.844. The van der Waals surface area contributed by atoms with Crippen LogP contribution in [0.15, 0.2) is 30.3 Å². The Hall–Kier alpha value is -1.92. The molecule has 2 heterocycles. The summed E-state index contributed by atoms with van der Waals surface area (Å²) in [5.41, 5.74) is 0. The number of benzene rings is 1. The predicted octanol–water partition coefficient (Wildman–Crippen LogP) is 2.45. The lowest BCUT2D eigenvalue weighted by Crippen LogP contribution is -2.47. The number of aliphatic hydroxyl groups excluding tert-OH is 1. The van der Waals surface area contributed by atoms with E-state index in [-0.39, 0.29) is 18.4 Å². The van der Waals surface area contributed by atoms with Crippen LogP contribution in [0.25, 0.3) is 10.1 Å². The molecule has 0 spiro atoms. The van der Waals surface area contributed by atoms with Gasteiger partial charge in [0, 0.05) is 29.1 Å². The van der Waals surface area contributed by atoms with E-state index in [4.69, 9.17) is 0 Å². The molecule has 1 aromatic carbocycles. The van der Waals surface area contributed by atoms with Gasteiger partial charge in [-0.3, -0.25) is 9.59 Å². The van der Waals surface area contributed by atoms with Gasteiger partial charge in [-0.2, -0.15) is 0 Å². The summed E-state index contributed by atoms with van der Waals surface area (Å²) in [5, 5.41) is 14.2. The van der Waals surface area contributed by atoms with Crippen molar-refractivity contribution in [2.75, 3.05) is 13.1 Å². The monoisotopic (exact) mass is 346 g/mol. The first-order chi connectivity index (χ1) is 11.6. The van der Waals surface area contributed by atoms with Gasteiger partial charge in [-0.15, -0.1) is 11.3 Å². The molecule has 6 heteroatoms. The molecule has 1 saturated heterocycles. The predicted molar refractivity (Wildman–Crippen MR) is 94.8 cm³/mol. The van der Waals surface area contributed by atoms with E-state index in [1.807, 2.05) is 37.3 Å². The SMILES string of the molecule is CCC(C(=O)NCC(O)c1cc2ccccc2s1)N1CCCC1=O. The highest BCUT2D eigenvalue weighted by molar-refractivity contribution is 7.19. The van der Waals surface area contributed by atoms with E-state index >= 15 is 0 Å². The molecule has 24 heavy (non-hydrogen) atoms. The van der Waals surface area contributed by atoms with Gasteiger partial charge in [0.1, 0.15) is 12.1 Å². The maximum absolute atomic E-state index is 12.4. The molecule has 1 aromatic heterocycles. The summed E-state index contributed by atoms with van der Waals surface area (Å²) in [5.74, 6) is -0.144. The minimum atomic E-state index is -0.738. The molecular formula is C18H22N2O3S. The Morgan fingerprint density at radius 1 is 1.42 bits per heavy atom. The minimum absolute atomic E-state index is 0.0436. The molecule has 1 fully saturated rings. The molecule has 0 radical (unpaired) electrons. The first-order valence-electron chi connectivity index (χ1n) is 8.34. The molecule has 2 unspecified atom stereocenters. The fraction of sp³-hybridized carbons (Fsp3) is 0.444. The number of aliphatic hydroxyl groups is 1. The third-order valence-electron chi connectivity index (χ3n) is 4.42. The van der Waals surface area contributed by atoms with Gasteiger partial charge in [0.25, 0.3) is 0 Å². The molecule has 0 aliphatic carbocycles. The number of fused-ring (bicyclic) bond motifs is 1. The largest absolute Gasteiger partial charge is 0.386 e. The average Bonchev–Trinajstić information content (AvgIpc) is 3.20. The van der Waals surface area contributed by atoms with E-state index in [9.17, 15) is 14.7 Å². The molecule has 1 aliphatic rings. The molecule has 1 aliphatic heterocycles. The van der Waals surface area contributed by atoms with Crippen molar-refractivity contribution in [2.45, 2.75) is 38.3 Å². The zero-order valence-electron chi connectivity index (χ0n) is 13.7. The number of hydrogen-bond acceptors (Lipinski definition) is 4. The third-order valence-corrected chi connectivity index (χ3v) is 5.64. The summed E-state index contributed by atoms with van der Waals surface area (Å²) in [7, 11) is 0. The van der Waals surface area contributed by atoms with Crippen LogP contribution in [0, 0.1) is 0 Å². The van der Waals surface area contributed by atoms with Crippen molar-refractivity contribution < 1.29 is 14.7 Å². The number of likely N-dealkylation sites (tertiary alicyclic amines) is 1. The lowest BCUT2D eigenvalue weighted by atomic mass is 10.1. The number of hydrogen-bond donors (Lipinski definition) is 2. The highest BCUT2D eigenvalue weighted by Gasteiger charge is 2.31. The molecule has 0 bridgehead atoms. The molecule has 0 saturated carbocycles. The molecule has 2 aromatic rings. The molecular weight excluding hydrogens is 324 g/mol. The topological polar surface area (TPSA) is 69.6 Å². The molecule has 2 amide bonds. The Bertz CT molecular complexity index is 710. The Balaban J connectivity index is 1.61. The first-order valence-corrected chi connectivity index (χ1v) is 9.15. The van der Waals surface area contributed by atoms with Gasteiger partial charge in [-0.25, -0.2) is 0 Å². The normalized spacial score (nSPS) is 17.2. The molecule has 5 nitrogen and oxygen atoms in total. The number of amides is 2. The van der Waals surface area contributed by atoms with Crippen LogP contribution >= 0.6 is 11.3 Å². The zero-order chi connectivity index (χ0) is 17.1. The second-order valence-corrected chi connectivity index (χ2v) is 7.18. The number of carbonyl (C=O) groups is 2. The van der Waals surface area contributed by atoms with Crippen LogP contribution < -0.4 is 5.32 Å². The number of rotatable bonds is 6. The van der Waals surface area contributed by atoms with E-state index in [0.717, 1.165) is 21.4 Å². The lowest BCUT2D eigenvalue weighted by molar-refractivity contribution is -0.137. The second-order valence-electron chi connectivity index (χ2n) is 6.06. The maximum atomic E-state index is 12.4. The summed E-state index contributed by atoms with van der Waals surface area (Å²) < 4.78 is 1.12. The summed E-state index contributed by atoms with van der Waals surface area (Å²) in [6.07, 6.45) is 1.18. The van der Waals surface area contributed by atoms with Crippen molar-refractivity contribution >= 4 is 33.2 Å². The molecule has 2 N–H and O–H groups in total.